The van der Waals surface area contributed by atoms with Crippen LogP contribution in [0.4, 0.5) is 33.3 Å². The minimum atomic E-state index is -5.07. The van der Waals surface area contributed by atoms with Gasteiger partial charge in [-0.3, -0.25) is 20.0 Å². The number of imidazole rings is 1. The number of benzene rings is 1. The van der Waals surface area contributed by atoms with Gasteiger partial charge >= 0.3 is 12.0 Å². The fraction of sp³-hybridized carbons (Fsp3) is 0.370. The van der Waals surface area contributed by atoms with E-state index in [0.29, 0.717) is 11.8 Å². The van der Waals surface area contributed by atoms with Crippen LogP contribution in [0.2, 0.25) is 0 Å². The molecular formula is C27H33F5N8O3. The number of aromatic nitrogens is 3. The molecule has 3 heterocycles. The molecule has 16 heteroatoms. The molecule has 0 amide bonds. The van der Waals surface area contributed by atoms with Crippen LogP contribution in [-0.4, -0.2) is 53.9 Å². The van der Waals surface area contributed by atoms with E-state index in [1.807, 2.05) is 14.1 Å². The Morgan fingerprint density at radius 3 is 2.47 bits per heavy atom. The minimum absolute atomic E-state index is 0.129. The molecule has 43 heavy (non-hydrogen) atoms. The smallest absolute Gasteiger partial charge is 0.417 e. The lowest BCUT2D eigenvalue weighted by molar-refractivity contribution is -0.137. The van der Waals surface area contributed by atoms with Crippen LogP contribution in [0.15, 0.2) is 29.1 Å². The van der Waals surface area contributed by atoms with Crippen LogP contribution >= 0.6 is 0 Å². The molecule has 0 aliphatic rings. The molecule has 0 spiro atoms. The van der Waals surface area contributed by atoms with E-state index in [-0.39, 0.29) is 24.2 Å². The van der Waals surface area contributed by atoms with Crippen molar-refractivity contribution >= 4 is 23.5 Å². The van der Waals surface area contributed by atoms with Gasteiger partial charge in [0.2, 0.25) is 5.88 Å². The standard InChI is InChI=1S/C23H20F5N5O3.C4H13N3/c1-10(2)36-21-14(9-34)19(30-7-12-8-33-4-5-35-22(33)31-12)18(25)20(32-21)13-6-15(29)17(24)11(3)16(13)23(26,27)28;1-5-3-4-7-6-2/h4-6,8-10H,7,29H2,1-3H3,(H,30,32);5-7H,3-4H2,1-2H3. The van der Waals surface area contributed by atoms with E-state index < -0.39 is 63.6 Å². The number of anilines is 2. The van der Waals surface area contributed by atoms with Gasteiger partial charge in [-0.25, -0.2) is 13.8 Å². The van der Waals surface area contributed by atoms with Crippen LogP contribution in [0.5, 0.6) is 5.88 Å². The van der Waals surface area contributed by atoms with Gasteiger partial charge in [-0.15, -0.1) is 0 Å². The zero-order chi connectivity index (χ0) is 31.9. The Kier molecular flexibility index (Phi) is 11.0. The first-order chi connectivity index (χ1) is 20.3. The summed E-state index contributed by atoms with van der Waals surface area (Å²) < 4.78 is 84.2. The summed E-state index contributed by atoms with van der Waals surface area (Å²) in [6.45, 7) is 5.90. The van der Waals surface area contributed by atoms with Crippen molar-refractivity contribution in [2.24, 2.45) is 0 Å². The average Bonchev–Trinajstić information content (AvgIpc) is 3.53. The molecular weight excluding hydrogens is 579 g/mol. The van der Waals surface area contributed by atoms with Crippen molar-refractivity contribution in [1.29, 1.82) is 0 Å². The maximum absolute atomic E-state index is 15.8. The van der Waals surface area contributed by atoms with Crippen LogP contribution in [0.25, 0.3) is 17.1 Å². The highest BCUT2D eigenvalue weighted by atomic mass is 19.4. The Bertz CT molecular complexity index is 1520. The molecule has 6 N–H and O–H groups in total. The first-order valence-corrected chi connectivity index (χ1v) is 13.0. The van der Waals surface area contributed by atoms with Crippen LogP contribution in [0.1, 0.15) is 41.0 Å². The fourth-order valence-corrected chi connectivity index (χ4v) is 4.05. The number of nitrogen functional groups attached to an aromatic ring is 1. The summed E-state index contributed by atoms with van der Waals surface area (Å²) in [6.07, 6.45) is -0.796. The van der Waals surface area contributed by atoms with Gasteiger partial charge in [-0.05, 0) is 46.5 Å². The van der Waals surface area contributed by atoms with Crippen molar-refractivity contribution in [3.63, 3.8) is 0 Å². The van der Waals surface area contributed by atoms with E-state index in [9.17, 15) is 22.4 Å². The topological polar surface area (TPSA) is 144 Å². The number of rotatable bonds is 11. The maximum Gasteiger partial charge on any atom is 0.417 e. The lowest BCUT2D eigenvalue weighted by Gasteiger charge is -2.21. The molecule has 234 valence electrons. The van der Waals surface area contributed by atoms with Gasteiger partial charge in [-0.1, -0.05) is 0 Å². The summed E-state index contributed by atoms with van der Waals surface area (Å²) in [5, 5.41) is 5.69. The van der Waals surface area contributed by atoms with E-state index in [0.717, 1.165) is 20.0 Å². The third-order valence-electron chi connectivity index (χ3n) is 5.94. The molecule has 0 radical (unpaired) electrons. The molecule has 0 aliphatic heterocycles. The predicted octanol–water partition coefficient (Wildman–Crippen LogP) is 4.32. The zero-order valence-electron chi connectivity index (χ0n) is 24.1. The third kappa shape index (κ3) is 7.77. The van der Waals surface area contributed by atoms with Gasteiger partial charge in [-0.2, -0.15) is 18.2 Å². The Morgan fingerprint density at radius 2 is 1.88 bits per heavy atom. The quantitative estimate of drug-likeness (QED) is 0.0546. The molecule has 1 aromatic carbocycles. The molecule has 0 aliphatic carbocycles. The SMILES string of the molecule is CNCCNNC.Cc1c(F)c(N)cc(-c2nc(OC(C)C)c(C=O)c(NCc3cn4ccoc4n3)c2F)c1C(F)(F)F. The second-order valence-electron chi connectivity index (χ2n) is 9.44. The first kappa shape index (κ1) is 33.2. The van der Waals surface area contributed by atoms with Crippen LogP contribution in [-0.2, 0) is 12.7 Å². The average molecular weight is 613 g/mol. The second kappa shape index (κ2) is 14.3. The summed E-state index contributed by atoms with van der Waals surface area (Å²) in [5.74, 6) is -2.72. The highest BCUT2D eigenvalue weighted by Crippen LogP contribution is 2.44. The van der Waals surface area contributed by atoms with E-state index in [4.69, 9.17) is 14.9 Å². The summed E-state index contributed by atoms with van der Waals surface area (Å²) in [4.78, 5) is 20.0. The van der Waals surface area contributed by atoms with Crippen molar-refractivity contribution in [3.05, 3.63) is 58.7 Å². The molecule has 0 fully saturated rings. The largest absolute Gasteiger partial charge is 0.474 e. The van der Waals surface area contributed by atoms with Crippen LogP contribution in [0.3, 0.4) is 0 Å². The Balaban J connectivity index is 0.000000646. The van der Waals surface area contributed by atoms with E-state index >= 15 is 4.39 Å². The molecule has 11 nitrogen and oxygen atoms in total. The van der Waals surface area contributed by atoms with Gasteiger partial charge in [0.25, 0.3) is 0 Å². The number of ether oxygens (including phenoxy) is 1. The van der Waals surface area contributed by atoms with Crippen LogP contribution < -0.4 is 32.0 Å². The Morgan fingerprint density at radius 1 is 1.16 bits per heavy atom. The molecule has 4 rings (SSSR count). The number of hydrazine groups is 1. The summed E-state index contributed by atoms with van der Waals surface area (Å²) in [7, 11) is 3.78. The van der Waals surface area contributed by atoms with Gasteiger partial charge in [0.05, 0.1) is 35.3 Å². The summed E-state index contributed by atoms with van der Waals surface area (Å²) in [6, 6.07) is 0.656. The number of nitrogens with one attached hydrogen (secondary N) is 4. The number of alkyl halides is 3. The molecule has 0 atom stereocenters. The highest BCUT2D eigenvalue weighted by Gasteiger charge is 2.39. The fourth-order valence-electron chi connectivity index (χ4n) is 4.05. The van der Waals surface area contributed by atoms with Crippen molar-refractivity contribution in [1.82, 2.24) is 30.5 Å². The third-order valence-corrected chi connectivity index (χ3v) is 5.94. The number of oxazole rings is 1. The van der Waals surface area contributed by atoms with Crippen LogP contribution in [0, 0.1) is 18.6 Å². The summed E-state index contributed by atoms with van der Waals surface area (Å²) >= 11 is 0. The van der Waals surface area contributed by atoms with Gasteiger partial charge < -0.3 is 25.5 Å². The number of fused-ring (bicyclic) bond motifs is 1. The summed E-state index contributed by atoms with van der Waals surface area (Å²) in [5.41, 5.74) is 6.37. The molecule has 3 aromatic heterocycles. The number of pyridine rings is 1. The zero-order valence-corrected chi connectivity index (χ0v) is 24.1. The predicted molar refractivity (Wildman–Crippen MR) is 151 cm³/mol. The monoisotopic (exact) mass is 612 g/mol. The van der Waals surface area contributed by atoms with E-state index in [1.165, 1.54) is 6.26 Å². The Labute approximate surface area is 244 Å². The first-order valence-electron chi connectivity index (χ1n) is 13.0. The van der Waals surface area contributed by atoms with Crippen molar-refractivity contribution in [2.45, 2.75) is 39.6 Å². The van der Waals surface area contributed by atoms with E-state index in [2.05, 4.69) is 31.5 Å². The minimum Gasteiger partial charge on any atom is -0.474 e. The number of nitrogens with two attached hydrogens (primary N) is 1. The lowest BCUT2D eigenvalue weighted by Crippen LogP contribution is -2.33. The molecule has 0 saturated heterocycles. The van der Waals surface area contributed by atoms with Crippen molar-refractivity contribution in [3.8, 4) is 17.1 Å². The Hall–Kier alpha value is -4.28. The number of halogens is 5. The number of hydrogen-bond acceptors (Lipinski definition) is 10. The van der Waals surface area contributed by atoms with E-state index in [1.54, 1.807) is 30.6 Å². The number of nitrogens with zero attached hydrogens (tertiary/aromatic N) is 3. The lowest BCUT2D eigenvalue weighted by atomic mass is 9.95. The number of likely N-dealkylation sites (N-methyl/N-ethyl adjacent to an activating group) is 1. The normalized spacial score (nSPS) is 11.5. The second-order valence-corrected chi connectivity index (χ2v) is 9.44. The number of hydrogen-bond donors (Lipinski definition) is 5. The molecule has 0 saturated carbocycles. The number of carbonyl (C=O) groups excluding carboxylic acids is 1. The van der Waals surface area contributed by atoms with Gasteiger partial charge in [0.15, 0.2) is 12.1 Å². The molecule has 4 aromatic rings. The number of carbonyl (C=O) groups is 1. The van der Waals surface area contributed by atoms with Gasteiger partial charge in [0.1, 0.15) is 23.3 Å². The molecule has 0 unspecified atom stereocenters. The van der Waals surface area contributed by atoms with Crippen molar-refractivity contribution < 1.29 is 35.9 Å². The maximum atomic E-state index is 15.8. The van der Waals surface area contributed by atoms with Crippen molar-refractivity contribution in [2.75, 3.05) is 38.2 Å². The highest BCUT2D eigenvalue weighted by molar-refractivity contribution is 5.90. The number of aldehydes is 1. The van der Waals surface area contributed by atoms with Gasteiger partial charge in [0, 0.05) is 31.0 Å². The molecule has 0 bridgehead atoms.